The number of benzene rings is 1. The van der Waals surface area contributed by atoms with E-state index in [0.29, 0.717) is 5.69 Å². The molecule has 0 saturated heterocycles. The van der Waals surface area contributed by atoms with Crippen LogP contribution in [0.1, 0.15) is 12.5 Å². The van der Waals surface area contributed by atoms with E-state index >= 15 is 0 Å². The van der Waals surface area contributed by atoms with Gasteiger partial charge in [-0.15, -0.1) is 0 Å². The van der Waals surface area contributed by atoms with Crippen LogP contribution in [0.2, 0.25) is 0 Å². The molecule has 4 nitrogen and oxygen atoms in total. The van der Waals surface area contributed by atoms with Crippen LogP contribution in [0.15, 0.2) is 24.3 Å². The average molecular weight is 229 g/mol. The Balaban J connectivity index is 2.87. The minimum Gasteiger partial charge on any atom is -0.395 e. The van der Waals surface area contributed by atoms with Crippen LogP contribution in [-0.2, 0) is 10.0 Å². The van der Waals surface area contributed by atoms with Gasteiger partial charge in [-0.3, -0.25) is 4.72 Å². The second kappa shape index (κ2) is 4.63. The molecule has 0 aliphatic carbocycles. The molecule has 0 heterocycles. The van der Waals surface area contributed by atoms with Gasteiger partial charge in [-0.25, -0.2) is 8.42 Å². The predicted octanol–water partition coefficient (Wildman–Crippen LogP) is 1.12. The molecule has 0 aliphatic heterocycles. The van der Waals surface area contributed by atoms with Crippen molar-refractivity contribution in [1.82, 2.24) is 0 Å². The SMILES string of the molecule is Cc1cccc(NS(=O)(=O)C(C)CO)c1. The number of hydrogen-bond acceptors (Lipinski definition) is 3. The van der Waals surface area contributed by atoms with Crippen LogP contribution >= 0.6 is 0 Å². The Bertz CT molecular complexity index is 428. The Hall–Kier alpha value is -1.07. The fourth-order valence-electron chi connectivity index (χ4n) is 1.07. The average Bonchev–Trinajstić information content (AvgIpc) is 2.15. The first kappa shape index (κ1) is 12.0. The van der Waals surface area contributed by atoms with Crippen molar-refractivity contribution in [2.24, 2.45) is 0 Å². The third-order valence-corrected chi connectivity index (χ3v) is 3.79. The molecule has 0 spiro atoms. The molecule has 0 amide bonds. The molecule has 84 valence electrons. The maximum atomic E-state index is 11.6. The van der Waals surface area contributed by atoms with Crippen molar-refractivity contribution in [2.45, 2.75) is 19.1 Å². The van der Waals surface area contributed by atoms with E-state index in [1.807, 2.05) is 13.0 Å². The van der Waals surface area contributed by atoms with Crippen LogP contribution in [0, 0.1) is 6.92 Å². The first-order valence-electron chi connectivity index (χ1n) is 4.65. The van der Waals surface area contributed by atoms with E-state index in [0.717, 1.165) is 5.56 Å². The topological polar surface area (TPSA) is 66.4 Å². The van der Waals surface area contributed by atoms with E-state index in [1.54, 1.807) is 18.2 Å². The van der Waals surface area contributed by atoms with Crippen molar-refractivity contribution in [1.29, 1.82) is 0 Å². The summed E-state index contributed by atoms with van der Waals surface area (Å²) in [6.45, 7) is 2.95. The maximum Gasteiger partial charge on any atom is 0.237 e. The molecule has 1 atom stereocenters. The standard InChI is InChI=1S/C10H15NO3S/c1-8-4-3-5-10(6-8)11-15(13,14)9(2)7-12/h3-6,9,11-12H,7H2,1-2H3. The number of hydrogen-bond donors (Lipinski definition) is 2. The van der Waals surface area contributed by atoms with Gasteiger partial charge in [0.25, 0.3) is 0 Å². The van der Waals surface area contributed by atoms with Gasteiger partial charge < -0.3 is 5.11 Å². The number of sulfonamides is 1. The third kappa shape index (κ3) is 3.21. The second-order valence-electron chi connectivity index (χ2n) is 3.51. The van der Waals surface area contributed by atoms with Crippen molar-refractivity contribution < 1.29 is 13.5 Å². The van der Waals surface area contributed by atoms with Gasteiger partial charge in [-0.1, -0.05) is 12.1 Å². The lowest BCUT2D eigenvalue weighted by Gasteiger charge is -2.12. The third-order valence-electron chi connectivity index (χ3n) is 2.07. The Morgan fingerprint density at radius 2 is 2.13 bits per heavy atom. The van der Waals surface area contributed by atoms with Gasteiger partial charge in [0.05, 0.1) is 6.61 Å². The van der Waals surface area contributed by atoms with Gasteiger partial charge in [0.1, 0.15) is 5.25 Å². The molecule has 0 aromatic heterocycles. The monoisotopic (exact) mass is 229 g/mol. The smallest absolute Gasteiger partial charge is 0.237 e. The molecular formula is C10H15NO3S. The van der Waals surface area contributed by atoms with Crippen LogP contribution < -0.4 is 4.72 Å². The first-order valence-corrected chi connectivity index (χ1v) is 6.19. The zero-order valence-electron chi connectivity index (χ0n) is 8.77. The summed E-state index contributed by atoms with van der Waals surface area (Å²) >= 11 is 0. The molecule has 1 aromatic carbocycles. The molecule has 5 heteroatoms. The Morgan fingerprint density at radius 3 is 2.67 bits per heavy atom. The molecule has 1 rings (SSSR count). The fraction of sp³-hybridized carbons (Fsp3) is 0.400. The van der Waals surface area contributed by atoms with Crippen molar-refractivity contribution in [3.8, 4) is 0 Å². The minimum absolute atomic E-state index is 0.388. The number of aryl methyl sites for hydroxylation is 1. The highest BCUT2D eigenvalue weighted by Crippen LogP contribution is 2.13. The molecule has 1 aromatic rings. The summed E-state index contributed by atoms with van der Waals surface area (Å²) in [6, 6.07) is 7.07. The Morgan fingerprint density at radius 1 is 1.47 bits per heavy atom. The zero-order valence-corrected chi connectivity index (χ0v) is 9.58. The lowest BCUT2D eigenvalue weighted by Crippen LogP contribution is -2.28. The summed E-state index contributed by atoms with van der Waals surface area (Å²) in [6.07, 6.45) is 0. The lowest BCUT2D eigenvalue weighted by atomic mass is 10.2. The summed E-state index contributed by atoms with van der Waals surface area (Å²) in [5.41, 5.74) is 1.50. The predicted molar refractivity (Wildman–Crippen MR) is 60.3 cm³/mol. The van der Waals surface area contributed by atoms with E-state index in [4.69, 9.17) is 5.11 Å². The van der Waals surface area contributed by atoms with E-state index in [-0.39, 0.29) is 6.61 Å². The van der Waals surface area contributed by atoms with Crippen molar-refractivity contribution in [3.63, 3.8) is 0 Å². The summed E-state index contributed by atoms with van der Waals surface area (Å²) in [4.78, 5) is 0. The highest BCUT2D eigenvalue weighted by molar-refractivity contribution is 7.93. The number of rotatable bonds is 4. The van der Waals surface area contributed by atoms with Crippen LogP contribution in [0.4, 0.5) is 5.69 Å². The Kier molecular flexibility index (Phi) is 3.71. The molecule has 1 unspecified atom stereocenters. The minimum atomic E-state index is -3.48. The van der Waals surface area contributed by atoms with Crippen LogP contribution in [0.25, 0.3) is 0 Å². The second-order valence-corrected chi connectivity index (χ2v) is 5.61. The largest absolute Gasteiger partial charge is 0.395 e. The van der Waals surface area contributed by atoms with Crippen LogP contribution in [0.5, 0.6) is 0 Å². The van der Waals surface area contributed by atoms with Crippen LogP contribution in [0.3, 0.4) is 0 Å². The van der Waals surface area contributed by atoms with E-state index in [2.05, 4.69) is 4.72 Å². The number of aliphatic hydroxyl groups excluding tert-OH is 1. The molecule has 0 radical (unpaired) electrons. The molecule has 15 heavy (non-hydrogen) atoms. The Labute approximate surface area is 90.0 Å². The van der Waals surface area contributed by atoms with Gasteiger partial charge in [0.2, 0.25) is 10.0 Å². The maximum absolute atomic E-state index is 11.6. The van der Waals surface area contributed by atoms with Crippen molar-refractivity contribution >= 4 is 15.7 Å². The highest BCUT2D eigenvalue weighted by atomic mass is 32.2. The number of aliphatic hydroxyl groups is 1. The van der Waals surface area contributed by atoms with E-state index in [9.17, 15) is 8.42 Å². The highest BCUT2D eigenvalue weighted by Gasteiger charge is 2.19. The molecule has 0 saturated carbocycles. The van der Waals surface area contributed by atoms with E-state index in [1.165, 1.54) is 6.92 Å². The van der Waals surface area contributed by atoms with Crippen LogP contribution in [-0.4, -0.2) is 25.4 Å². The molecular weight excluding hydrogens is 214 g/mol. The molecule has 0 fully saturated rings. The fourth-order valence-corrected chi connectivity index (χ4v) is 1.92. The lowest BCUT2D eigenvalue weighted by molar-refractivity contribution is 0.296. The molecule has 0 bridgehead atoms. The summed E-state index contributed by atoms with van der Waals surface area (Å²) < 4.78 is 25.6. The van der Waals surface area contributed by atoms with Gasteiger partial charge in [-0.05, 0) is 31.5 Å². The molecule has 0 aliphatic rings. The summed E-state index contributed by atoms with van der Waals surface area (Å²) in [5, 5.41) is 7.98. The molecule has 2 N–H and O–H groups in total. The van der Waals surface area contributed by atoms with Gasteiger partial charge in [0, 0.05) is 5.69 Å². The van der Waals surface area contributed by atoms with Crippen molar-refractivity contribution in [2.75, 3.05) is 11.3 Å². The zero-order chi connectivity index (χ0) is 11.5. The number of nitrogens with one attached hydrogen (secondary N) is 1. The van der Waals surface area contributed by atoms with Gasteiger partial charge in [0.15, 0.2) is 0 Å². The number of anilines is 1. The van der Waals surface area contributed by atoms with Crippen molar-refractivity contribution in [3.05, 3.63) is 29.8 Å². The van der Waals surface area contributed by atoms with Gasteiger partial charge in [-0.2, -0.15) is 0 Å². The first-order chi connectivity index (χ1) is 6.95. The quantitative estimate of drug-likeness (QED) is 0.813. The van der Waals surface area contributed by atoms with E-state index < -0.39 is 15.3 Å². The summed E-state index contributed by atoms with van der Waals surface area (Å²) in [7, 11) is -3.48. The normalized spacial score (nSPS) is 13.5. The summed E-state index contributed by atoms with van der Waals surface area (Å²) in [5.74, 6) is 0. The van der Waals surface area contributed by atoms with Gasteiger partial charge >= 0.3 is 0 Å².